The summed E-state index contributed by atoms with van der Waals surface area (Å²) in [6, 6.07) is 8.28. The van der Waals surface area contributed by atoms with Gasteiger partial charge in [0.25, 0.3) is 0 Å². The van der Waals surface area contributed by atoms with Gasteiger partial charge in [0.05, 0.1) is 10.6 Å². The Labute approximate surface area is 138 Å². The number of rotatable bonds is 6. The second-order valence-corrected chi connectivity index (χ2v) is 7.60. The summed E-state index contributed by atoms with van der Waals surface area (Å²) in [5.74, 6) is 0. The van der Waals surface area contributed by atoms with Crippen LogP contribution in [0.3, 0.4) is 0 Å². The zero-order valence-electron chi connectivity index (χ0n) is 12.3. The first-order valence-electron chi connectivity index (χ1n) is 6.91. The van der Waals surface area contributed by atoms with E-state index in [2.05, 4.69) is 20.2 Å². The maximum absolute atomic E-state index is 12.5. The van der Waals surface area contributed by atoms with E-state index in [4.69, 9.17) is 0 Å². The fraction of sp³-hybridized carbons (Fsp3) is 0.214. The van der Waals surface area contributed by atoms with Crippen molar-refractivity contribution in [3.63, 3.8) is 0 Å². The molecule has 0 aliphatic rings. The molecule has 0 fully saturated rings. The van der Waals surface area contributed by atoms with Crippen LogP contribution in [0.15, 0.2) is 52.3 Å². The minimum absolute atomic E-state index is 0.183. The lowest BCUT2D eigenvalue weighted by Crippen LogP contribution is -2.34. The molecule has 1 unspecified atom stereocenters. The second-order valence-electron chi connectivity index (χ2n) is 5.11. The van der Waals surface area contributed by atoms with E-state index in [0.717, 1.165) is 5.56 Å². The fourth-order valence-corrected chi connectivity index (χ4v) is 4.17. The highest BCUT2D eigenvalue weighted by Gasteiger charge is 2.18. The van der Waals surface area contributed by atoms with Gasteiger partial charge in [0.15, 0.2) is 0 Å². The van der Waals surface area contributed by atoms with Crippen molar-refractivity contribution in [1.29, 1.82) is 0 Å². The molecule has 0 saturated heterocycles. The Balaban J connectivity index is 1.78. The Kier molecular flexibility index (Phi) is 4.51. The summed E-state index contributed by atoms with van der Waals surface area (Å²) in [5, 5.41) is 14.9. The minimum atomic E-state index is -3.60. The van der Waals surface area contributed by atoms with Crippen molar-refractivity contribution < 1.29 is 8.42 Å². The molecule has 3 aromatic rings. The van der Waals surface area contributed by atoms with Crippen LogP contribution in [0.1, 0.15) is 12.5 Å². The van der Waals surface area contributed by atoms with Crippen LogP contribution in [0.5, 0.6) is 0 Å². The highest BCUT2D eigenvalue weighted by atomic mass is 32.2. The van der Waals surface area contributed by atoms with Gasteiger partial charge in [-0.2, -0.15) is 11.3 Å². The predicted octanol–water partition coefficient (Wildman–Crippen LogP) is 1.63. The lowest BCUT2D eigenvalue weighted by molar-refractivity contribution is 0.560. The van der Waals surface area contributed by atoms with Gasteiger partial charge in [-0.25, -0.2) is 17.8 Å². The van der Waals surface area contributed by atoms with Crippen molar-refractivity contribution in [3.05, 3.63) is 53.0 Å². The molecular formula is C14H15N5O2S2. The highest BCUT2D eigenvalue weighted by molar-refractivity contribution is 7.89. The van der Waals surface area contributed by atoms with E-state index in [9.17, 15) is 8.42 Å². The molecule has 9 heteroatoms. The number of nitrogens with zero attached hydrogens (tertiary/aromatic N) is 4. The first-order chi connectivity index (χ1) is 11.0. The standard InChI is InChI=1S/C14H15N5O2S2/c1-11(7-12-5-6-22-9-12)16-23(20,21)14-4-2-3-13(8-14)19-10-15-17-18-19/h2-6,8-11,16H,7H2,1H3. The highest BCUT2D eigenvalue weighted by Crippen LogP contribution is 2.15. The number of hydrogen-bond acceptors (Lipinski definition) is 6. The Morgan fingerprint density at radius 3 is 2.91 bits per heavy atom. The van der Waals surface area contributed by atoms with E-state index in [1.807, 2.05) is 23.8 Å². The largest absolute Gasteiger partial charge is 0.240 e. The molecule has 7 nitrogen and oxygen atoms in total. The quantitative estimate of drug-likeness (QED) is 0.730. The van der Waals surface area contributed by atoms with Gasteiger partial charge < -0.3 is 0 Å². The Morgan fingerprint density at radius 2 is 2.22 bits per heavy atom. The van der Waals surface area contributed by atoms with Crippen LogP contribution in [0.2, 0.25) is 0 Å². The van der Waals surface area contributed by atoms with E-state index in [1.54, 1.807) is 29.5 Å². The molecule has 0 bridgehead atoms. The van der Waals surface area contributed by atoms with Crippen LogP contribution < -0.4 is 4.72 Å². The van der Waals surface area contributed by atoms with Gasteiger partial charge in [-0.05, 0) is 64.4 Å². The van der Waals surface area contributed by atoms with E-state index in [1.165, 1.54) is 17.1 Å². The summed E-state index contributed by atoms with van der Waals surface area (Å²) in [5.41, 5.74) is 1.70. The molecule has 1 aromatic carbocycles. The fourth-order valence-electron chi connectivity index (χ4n) is 2.21. The van der Waals surface area contributed by atoms with Crippen molar-refractivity contribution in [2.75, 3.05) is 0 Å². The first-order valence-corrected chi connectivity index (χ1v) is 9.34. The molecule has 2 heterocycles. The zero-order valence-corrected chi connectivity index (χ0v) is 14.0. The predicted molar refractivity (Wildman–Crippen MR) is 87.0 cm³/mol. The maximum Gasteiger partial charge on any atom is 0.240 e. The van der Waals surface area contributed by atoms with Gasteiger partial charge in [-0.1, -0.05) is 6.07 Å². The maximum atomic E-state index is 12.5. The molecule has 23 heavy (non-hydrogen) atoms. The summed E-state index contributed by atoms with van der Waals surface area (Å²) in [6.45, 7) is 1.85. The smallest absolute Gasteiger partial charge is 0.208 e. The monoisotopic (exact) mass is 349 g/mol. The van der Waals surface area contributed by atoms with Crippen LogP contribution in [0.25, 0.3) is 5.69 Å². The molecule has 0 amide bonds. The molecule has 0 saturated carbocycles. The third kappa shape index (κ3) is 3.81. The topological polar surface area (TPSA) is 89.8 Å². The van der Waals surface area contributed by atoms with E-state index in [0.29, 0.717) is 12.1 Å². The molecule has 3 rings (SSSR count). The summed E-state index contributed by atoms with van der Waals surface area (Å²) in [6.07, 6.45) is 2.06. The lowest BCUT2D eigenvalue weighted by Gasteiger charge is -2.14. The number of sulfonamides is 1. The normalized spacial score (nSPS) is 13.1. The summed E-state index contributed by atoms with van der Waals surface area (Å²) in [4.78, 5) is 0.183. The summed E-state index contributed by atoms with van der Waals surface area (Å²) >= 11 is 1.60. The van der Waals surface area contributed by atoms with Crippen LogP contribution in [-0.2, 0) is 16.4 Å². The SMILES string of the molecule is CC(Cc1ccsc1)NS(=O)(=O)c1cccc(-n2cnnn2)c1. The number of thiophene rings is 1. The zero-order chi connectivity index (χ0) is 16.3. The van der Waals surface area contributed by atoms with Crippen LogP contribution >= 0.6 is 11.3 Å². The van der Waals surface area contributed by atoms with Crippen molar-refractivity contribution in [2.45, 2.75) is 24.3 Å². The molecule has 1 atom stereocenters. The first kappa shape index (κ1) is 15.8. The Morgan fingerprint density at radius 1 is 1.35 bits per heavy atom. The van der Waals surface area contributed by atoms with Crippen molar-refractivity contribution >= 4 is 21.4 Å². The molecule has 0 aliphatic carbocycles. The van der Waals surface area contributed by atoms with Crippen molar-refractivity contribution in [1.82, 2.24) is 24.9 Å². The third-order valence-corrected chi connectivity index (χ3v) is 5.54. The number of hydrogen-bond donors (Lipinski definition) is 1. The second kappa shape index (κ2) is 6.57. The molecule has 0 spiro atoms. The molecule has 1 N–H and O–H groups in total. The van der Waals surface area contributed by atoms with Gasteiger partial charge in [0.1, 0.15) is 6.33 Å². The lowest BCUT2D eigenvalue weighted by atomic mass is 10.1. The summed E-state index contributed by atoms with van der Waals surface area (Å²) in [7, 11) is -3.60. The van der Waals surface area contributed by atoms with Gasteiger partial charge in [0, 0.05) is 6.04 Å². The van der Waals surface area contributed by atoms with Gasteiger partial charge in [-0.15, -0.1) is 5.10 Å². The molecule has 0 aliphatic heterocycles. The van der Waals surface area contributed by atoms with E-state index < -0.39 is 10.0 Å². The van der Waals surface area contributed by atoms with Crippen molar-refractivity contribution in [2.24, 2.45) is 0 Å². The Hall–Kier alpha value is -2.10. The minimum Gasteiger partial charge on any atom is -0.208 e. The van der Waals surface area contributed by atoms with Crippen LogP contribution in [0, 0.1) is 0 Å². The van der Waals surface area contributed by atoms with Crippen molar-refractivity contribution in [3.8, 4) is 5.69 Å². The number of nitrogens with one attached hydrogen (secondary N) is 1. The summed E-state index contributed by atoms with van der Waals surface area (Å²) < 4.78 is 29.2. The van der Waals surface area contributed by atoms with E-state index in [-0.39, 0.29) is 10.9 Å². The number of aromatic nitrogens is 4. The molecule has 120 valence electrons. The molecule has 2 aromatic heterocycles. The Bertz CT molecular complexity index is 860. The van der Waals surface area contributed by atoms with Gasteiger partial charge >= 0.3 is 0 Å². The molecular weight excluding hydrogens is 334 g/mol. The average Bonchev–Trinajstić information content (AvgIpc) is 3.20. The number of benzene rings is 1. The van der Waals surface area contributed by atoms with Crippen LogP contribution in [-0.4, -0.2) is 34.7 Å². The third-order valence-electron chi connectivity index (χ3n) is 3.22. The van der Waals surface area contributed by atoms with Gasteiger partial charge in [-0.3, -0.25) is 0 Å². The van der Waals surface area contributed by atoms with Gasteiger partial charge in [0.2, 0.25) is 10.0 Å². The number of tetrazole rings is 1. The molecule has 0 radical (unpaired) electrons. The average molecular weight is 349 g/mol. The van der Waals surface area contributed by atoms with Crippen LogP contribution in [0.4, 0.5) is 0 Å². The van der Waals surface area contributed by atoms with E-state index >= 15 is 0 Å².